The summed E-state index contributed by atoms with van der Waals surface area (Å²) in [7, 11) is 0. The fourth-order valence-corrected chi connectivity index (χ4v) is 2.57. The van der Waals surface area contributed by atoms with Gasteiger partial charge < -0.3 is 14.6 Å². The maximum atomic E-state index is 9.10. The van der Waals surface area contributed by atoms with E-state index in [0.717, 1.165) is 45.0 Å². The Morgan fingerprint density at radius 2 is 1.40 bits per heavy atom. The molecule has 3 rings (SSSR count). The van der Waals surface area contributed by atoms with Crippen LogP contribution in [0.2, 0.25) is 0 Å². The number of carbonyl (C=O) groups is 2. The molecule has 0 spiro atoms. The molecule has 1 saturated heterocycles. The molecule has 0 bridgehead atoms. The second-order valence-corrected chi connectivity index (χ2v) is 5.73. The highest BCUT2D eigenvalue weighted by molar-refractivity contribution is 6.27. The van der Waals surface area contributed by atoms with Gasteiger partial charge in [-0.15, -0.1) is 0 Å². The van der Waals surface area contributed by atoms with E-state index in [9.17, 15) is 0 Å². The second kappa shape index (κ2) is 9.61. The van der Waals surface area contributed by atoms with E-state index >= 15 is 0 Å². The summed E-state index contributed by atoms with van der Waals surface area (Å²) in [5, 5.41) is 14.8. The Balaban J connectivity index is 0.000000326. The molecule has 0 aliphatic carbocycles. The number of nitrogens with zero attached hydrogens (tertiary/aromatic N) is 2. The van der Waals surface area contributed by atoms with Gasteiger partial charge in [-0.3, -0.25) is 9.80 Å². The van der Waals surface area contributed by atoms with Crippen molar-refractivity contribution < 1.29 is 24.2 Å². The molecular formula is C18H22N2O5. The van der Waals surface area contributed by atoms with Crippen molar-refractivity contribution in [1.82, 2.24) is 9.80 Å². The third-order valence-corrected chi connectivity index (χ3v) is 3.86. The van der Waals surface area contributed by atoms with E-state index in [0.29, 0.717) is 0 Å². The van der Waals surface area contributed by atoms with Crippen LogP contribution in [0.15, 0.2) is 53.1 Å². The first-order valence-corrected chi connectivity index (χ1v) is 8.02. The van der Waals surface area contributed by atoms with Gasteiger partial charge in [0.05, 0.1) is 12.8 Å². The van der Waals surface area contributed by atoms with Crippen LogP contribution < -0.4 is 0 Å². The summed E-state index contributed by atoms with van der Waals surface area (Å²) in [5.41, 5.74) is 1.40. The number of hydrogen-bond acceptors (Lipinski definition) is 5. The molecule has 0 radical (unpaired) electrons. The van der Waals surface area contributed by atoms with Crippen LogP contribution in [0.25, 0.3) is 0 Å². The maximum absolute atomic E-state index is 9.10. The van der Waals surface area contributed by atoms with Crippen LogP contribution in [0, 0.1) is 0 Å². The third kappa shape index (κ3) is 6.78. The number of carboxylic acids is 2. The SMILES string of the molecule is O=C(O)C(=O)O.c1ccc(CN2CCN(Cc3ccco3)CC2)cc1. The molecule has 1 aliphatic rings. The minimum atomic E-state index is -1.82. The number of benzene rings is 1. The van der Waals surface area contributed by atoms with Gasteiger partial charge in [-0.1, -0.05) is 30.3 Å². The van der Waals surface area contributed by atoms with E-state index in [-0.39, 0.29) is 0 Å². The lowest BCUT2D eigenvalue weighted by Gasteiger charge is -2.34. The monoisotopic (exact) mass is 346 g/mol. The molecule has 1 aromatic carbocycles. The predicted molar refractivity (Wildman–Crippen MR) is 91.0 cm³/mol. The van der Waals surface area contributed by atoms with Gasteiger partial charge in [0.1, 0.15) is 5.76 Å². The third-order valence-electron chi connectivity index (χ3n) is 3.86. The number of aliphatic carboxylic acids is 2. The number of carboxylic acid groups (broad SMARTS) is 2. The van der Waals surface area contributed by atoms with E-state index in [1.54, 1.807) is 6.26 Å². The van der Waals surface area contributed by atoms with Crippen molar-refractivity contribution in [1.29, 1.82) is 0 Å². The zero-order valence-electron chi connectivity index (χ0n) is 13.9. The molecule has 1 fully saturated rings. The van der Waals surface area contributed by atoms with Crippen LogP contribution in [0.3, 0.4) is 0 Å². The first-order valence-electron chi connectivity index (χ1n) is 8.02. The Labute approximate surface area is 146 Å². The second-order valence-electron chi connectivity index (χ2n) is 5.73. The molecule has 2 heterocycles. The fraction of sp³-hybridized carbons (Fsp3) is 0.333. The van der Waals surface area contributed by atoms with Crippen molar-refractivity contribution in [3.05, 3.63) is 60.1 Å². The minimum Gasteiger partial charge on any atom is -0.473 e. The van der Waals surface area contributed by atoms with Gasteiger partial charge in [0.2, 0.25) is 0 Å². The molecular weight excluding hydrogens is 324 g/mol. The Morgan fingerprint density at radius 3 is 1.88 bits per heavy atom. The van der Waals surface area contributed by atoms with Crippen molar-refractivity contribution in [2.24, 2.45) is 0 Å². The van der Waals surface area contributed by atoms with E-state index in [4.69, 9.17) is 24.2 Å². The largest absolute Gasteiger partial charge is 0.473 e. The average molecular weight is 346 g/mol. The van der Waals surface area contributed by atoms with Crippen LogP contribution in [-0.4, -0.2) is 58.1 Å². The Morgan fingerprint density at radius 1 is 0.840 bits per heavy atom. The lowest BCUT2D eigenvalue weighted by molar-refractivity contribution is -0.159. The van der Waals surface area contributed by atoms with Crippen molar-refractivity contribution in [2.45, 2.75) is 13.1 Å². The number of hydrogen-bond donors (Lipinski definition) is 2. The zero-order chi connectivity index (χ0) is 18.1. The van der Waals surface area contributed by atoms with E-state index in [2.05, 4.69) is 46.2 Å². The molecule has 7 heteroatoms. The van der Waals surface area contributed by atoms with Crippen molar-refractivity contribution in [3.63, 3.8) is 0 Å². The van der Waals surface area contributed by atoms with Crippen molar-refractivity contribution in [3.8, 4) is 0 Å². The van der Waals surface area contributed by atoms with E-state index < -0.39 is 11.9 Å². The molecule has 2 aromatic rings. The topological polar surface area (TPSA) is 94.2 Å². The molecule has 1 aliphatic heterocycles. The molecule has 7 nitrogen and oxygen atoms in total. The van der Waals surface area contributed by atoms with Crippen LogP contribution >= 0.6 is 0 Å². The van der Waals surface area contributed by atoms with Crippen molar-refractivity contribution >= 4 is 11.9 Å². The fourth-order valence-electron chi connectivity index (χ4n) is 2.57. The Hall–Kier alpha value is -2.64. The first-order chi connectivity index (χ1) is 12.0. The van der Waals surface area contributed by atoms with Gasteiger partial charge in [-0.2, -0.15) is 0 Å². The predicted octanol–water partition coefficient (Wildman–Crippen LogP) is 1.75. The van der Waals surface area contributed by atoms with Gasteiger partial charge in [0.25, 0.3) is 0 Å². The van der Waals surface area contributed by atoms with Gasteiger partial charge in [-0.05, 0) is 17.7 Å². The van der Waals surface area contributed by atoms with Gasteiger partial charge >= 0.3 is 11.9 Å². The van der Waals surface area contributed by atoms with E-state index in [1.807, 2.05) is 6.07 Å². The van der Waals surface area contributed by atoms with Gasteiger partial charge in [0.15, 0.2) is 0 Å². The summed E-state index contributed by atoms with van der Waals surface area (Å²) in [6.45, 7) is 6.51. The molecule has 25 heavy (non-hydrogen) atoms. The maximum Gasteiger partial charge on any atom is 0.414 e. The van der Waals surface area contributed by atoms with Crippen LogP contribution in [0.1, 0.15) is 11.3 Å². The summed E-state index contributed by atoms with van der Waals surface area (Å²) < 4.78 is 5.40. The highest BCUT2D eigenvalue weighted by Gasteiger charge is 2.17. The minimum absolute atomic E-state index is 0.937. The molecule has 134 valence electrons. The standard InChI is InChI=1S/C16H20N2O.C2H2O4/c1-2-5-15(6-3-1)13-17-8-10-18(11-9-17)14-16-7-4-12-19-16;3-1(4)2(5)6/h1-7,12H,8-11,13-14H2;(H,3,4)(H,5,6). The van der Waals surface area contributed by atoms with Crippen LogP contribution in [-0.2, 0) is 22.7 Å². The average Bonchev–Trinajstić information content (AvgIpc) is 3.11. The van der Waals surface area contributed by atoms with Gasteiger partial charge in [0, 0.05) is 32.7 Å². The summed E-state index contributed by atoms with van der Waals surface area (Å²) in [6.07, 6.45) is 1.75. The smallest absolute Gasteiger partial charge is 0.414 e. The summed E-state index contributed by atoms with van der Waals surface area (Å²) in [6, 6.07) is 14.7. The first kappa shape index (κ1) is 18.7. The van der Waals surface area contributed by atoms with Gasteiger partial charge in [-0.25, -0.2) is 9.59 Å². The van der Waals surface area contributed by atoms with Crippen molar-refractivity contribution in [2.75, 3.05) is 26.2 Å². The summed E-state index contributed by atoms with van der Waals surface area (Å²) in [4.78, 5) is 23.2. The van der Waals surface area contributed by atoms with Crippen LogP contribution in [0.5, 0.6) is 0 Å². The molecule has 2 N–H and O–H groups in total. The van der Waals surface area contributed by atoms with Crippen LogP contribution in [0.4, 0.5) is 0 Å². The molecule has 0 saturated carbocycles. The molecule has 0 amide bonds. The Kier molecular flexibility index (Phi) is 7.18. The highest BCUT2D eigenvalue weighted by atomic mass is 16.4. The summed E-state index contributed by atoms with van der Waals surface area (Å²) >= 11 is 0. The number of piperazine rings is 1. The lowest BCUT2D eigenvalue weighted by Crippen LogP contribution is -2.45. The quantitative estimate of drug-likeness (QED) is 0.815. The summed E-state index contributed by atoms with van der Waals surface area (Å²) in [5.74, 6) is -2.58. The molecule has 0 unspecified atom stereocenters. The molecule has 0 atom stereocenters. The molecule has 1 aromatic heterocycles. The zero-order valence-corrected chi connectivity index (χ0v) is 13.9. The lowest BCUT2D eigenvalue weighted by atomic mass is 10.2. The number of furan rings is 1. The highest BCUT2D eigenvalue weighted by Crippen LogP contribution is 2.11. The van der Waals surface area contributed by atoms with E-state index in [1.165, 1.54) is 5.56 Å². The Bertz CT molecular complexity index is 637. The normalized spacial score (nSPS) is 15.2. The number of rotatable bonds is 4.